The van der Waals surface area contributed by atoms with Gasteiger partial charge in [0.2, 0.25) is 5.91 Å². The zero-order valence-corrected chi connectivity index (χ0v) is 13.2. The van der Waals surface area contributed by atoms with Crippen LogP contribution < -0.4 is 5.32 Å². The first kappa shape index (κ1) is 14.6. The summed E-state index contributed by atoms with van der Waals surface area (Å²) in [5.41, 5.74) is 3.86. The number of halogens is 1. The molecule has 0 bridgehead atoms. The lowest BCUT2D eigenvalue weighted by Crippen LogP contribution is -2.24. The molecule has 2 heterocycles. The molecule has 0 aliphatic carbocycles. The molecule has 4 rings (SSSR count). The number of hydrogen-bond donors (Lipinski definition) is 1. The molecule has 1 aliphatic heterocycles. The van der Waals surface area contributed by atoms with Crippen molar-refractivity contribution in [2.45, 2.75) is 19.3 Å². The minimum absolute atomic E-state index is 0.0628. The molecular weight excluding hydrogens is 305 g/mol. The SMILES string of the molecule is Cc1ccccc1-n1ncc2c1NC(=O)CC2c1ccc(F)cc1. The summed E-state index contributed by atoms with van der Waals surface area (Å²) in [5, 5.41) is 7.42. The maximum absolute atomic E-state index is 13.2. The fourth-order valence-electron chi connectivity index (χ4n) is 3.20. The van der Waals surface area contributed by atoms with Crippen molar-refractivity contribution in [3.8, 4) is 5.69 Å². The molecule has 2 aromatic carbocycles. The summed E-state index contributed by atoms with van der Waals surface area (Å²) in [7, 11) is 0. The zero-order chi connectivity index (χ0) is 16.7. The monoisotopic (exact) mass is 321 g/mol. The summed E-state index contributed by atoms with van der Waals surface area (Å²) in [4.78, 5) is 12.2. The van der Waals surface area contributed by atoms with Gasteiger partial charge in [-0.25, -0.2) is 9.07 Å². The number of benzene rings is 2. The van der Waals surface area contributed by atoms with Gasteiger partial charge in [0.05, 0.1) is 11.9 Å². The van der Waals surface area contributed by atoms with E-state index < -0.39 is 0 Å². The molecule has 1 N–H and O–H groups in total. The van der Waals surface area contributed by atoms with Crippen LogP contribution in [0.1, 0.15) is 29.0 Å². The molecule has 5 heteroatoms. The van der Waals surface area contributed by atoms with Gasteiger partial charge in [0.25, 0.3) is 0 Å². The minimum Gasteiger partial charge on any atom is -0.310 e. The number of nitrogens with one attached hydrogen (secondary N) is 1. The van der Waals surface area contributed by atoms with E-state index >= 15 is 0 Å². The van der Waals surface area contributed by atoms with E-state index in [9.17, 15) is 9.18 Å². The van der Waals surface area contributed by atoms with Gasteiger partial charge in [-0.15, -0.1) is 0 Å². The Balaban J connectivity index is 1.83. The summed E-state index contributed by atoms with van der Waals surface area (Å²) in [5.74, 6) is 0.226. The first-order valence-corrected chi connectivity index (χ1v) is 7.83. The predicted octanol–water partition coefficient (Wildman–Crippen LogP) is 3.79. The van der Waals surface area contributed by atoms with Crippen molar-refractivity contribution in [1.29, 1.82) is 0 Å². The minimum atomic E-state index is -0.283. The molecule has 1 aromatic heterocycles. The normalized spacial score (nSPS) is 16.6. The number of aromatic nitrogens is 2. The number of aryl methyl sites for hydroxylation is 1. The van der Waals surface area contributed by atoms with Gasteiger partial charge in [-0.2, -0.15) is 5.10 Å². The number of hydrogen-bond acceptors (Lipinski definition) is 2. The number of fused-ring (bicyclic) bond motifs is 1. The summed E-state index contributed by atoms with van der Waals surface area (Å²) >= 11 is 0. The molecule has 24 heavy (non-hydrogen) atoms. The molecule has 0 saturated carbocycles. The van der Waals surface area contributed by atoms with Crippen LogP contribution in [0.25, 0.3) is 5.69 Å². The molecular formula is C19H16FN3O. The average molecular weight is 321 g/mol. The Bertz CT molecular complexity index is 915. The quantitative estimate of drug-likeness (QED) is 0.780. The Labute approximate surface area is 138 Å². The Morgan fingerprint density at radius 3 is 2.67 bits per heavy atom. The fourth-order valence-corrected chi connectivity index (χ4v) is 3.20. The highest BCUT2D eigenvalue weighted by Gasteiger charge is 2.30. The molecule has 0 fully saturated rings. The van der Waals surface area contributed by atoms with E-state index in [1.165, 1.54) is 12.1 Å². The lowest BCUT2D eigenvalue weighted by Gasteiger charge is -2.24. The van der Waals surface area contributed by atoms with Crippen LogP contribution in [0.5, 0.6) is 0 Å². The van der Waals surface area contributed by atoms with Crippen LogP contribution in [0.4, 0.5) is 10.2 Å². The third-order valence-corrected chi connectivity index (χ3v) is 4.44. The molecule has 120 valence electrons. The number of carbonyl (C=O) groups is 1. The largest absolute Gasteiger partial charge is 0.310 e. The highest BCUT2D eigenvalue weighted by molar-refractivity contribution is 5.94. The molecule has 1 unspecified atom stereocenters. The topological polar surface area (TPSA) is 46.9 Å². The van der Waals surface area contributed by atoms with Crippen LogP contribution in [0.3, 0.4) is 0 Å². The maximum atomic E-state index is 13.2. The molecule has 1 atom stereocenters. The van der Waals surface area contributed by atoms with Gasteiger partial charge < -0.3 is 5.32 Å². The van der Waals surface area contributed by atoms with Crippen molar-refractivity contribution in [2.75, 3.05) is 5.32 Å². The predicted molar refractivity (Wildman–Crippen MR) is 89.8 cm³/mol. The third kappa shape index (κ3) is 2.38. The van der Waals surface area contributed by atoms with Crippen molar-refractivity contribution in [1.82, 2.24) is 9.78 Å². The third-order valence-electron chi connectivity index (χ3n) is 4.44. The van der Waals surface area contributed by atoms with E-state index in [0.717, 1.165) is 22.4 Å². The van der Waals surface area contributed by atoms with Crippen LogP contribution in [0, 0.1) is 12.7 Å². The smallest absolute Gasteiger partial charge is 0.226 e. The van der Waals surface area contributed by atoms with E-state index in [2.05, 4.69) is 10.4 Å². The van der Waals surface area contributed by atoms with Gasteiger partial charge in [0, 0.05) is 17.9 Å². The lowest BCUT2D eigenvalue weighted by molar-refractivity contribution is -0.116. The number of anilines is 1. The van der Waals surface area contributed by atoms with Gasteiger partial charge in [-0.3, -0.25) is 4.79 Å². The molecule has 3 aromatic rings. The second kappa shape index (κ2) is 5.60. The van der Waals surface area contributed by atoms with Crippen LogP contribution >= 0.6 is 0 Å². The zero-order valence-electron chi connectivity index (χ0n) is 13.2. The molecule has 0 saturated heterocycles. The Morgan fingerprint density at radius 1 is 1.17 bits per heavy atom. The molecule has 0 radical (unpaired) electrons. The average Bonchev–Trinajstić information content (AvgIpc) is 2.99. The van der Waals surface area contributed by atoms with Crippen molar-refractivity contribution in [2.24, 2.45) is 0 Å². The second-order valence-corrected chi connectivity index (χ2v) is 6.00. The maximum Gasteiger partial charge on any atom is 0.226 e. The van der Waals surface area contributed by atoms with Gasteiger partial charge in [-0.1, -0.05) is 30.3 Å². The van der Waals surface area contributed by atoms with E-state index in [1.54, 1.807) is 23.0 Å². The van der Waals surface area contributed by atoms with Crippen LogP contribution in [0.15, 0.2) is 54.7 Å². The summed E-state index contributed by atoms with van der Waals surface area (Å²) < 4.78 is 15.0. The van der Waals surface area contributed by atoms with Crippen LogP contribution in [-0.2, 0) is 4.79 Å². The molecule has 1 aliphatic rings. The molecule has 4 nitrogen and oxygen atoms in total. The van der Waals surface area contributed by atoms with Crippen molar-refractivity contribution < 1.29 is 9.18 Å². The summed E-state index contributed by atoms with van der Waals surface area (Å²) in [6.45, 7) is 2.01. The van der Waals surface area contributed by atoms with Gasteiger partial charge in [-0.05, 0) is 36.2 Å². The summed E-state index contributed by atoms with van der Waals surface area (Å²) in [6.07, 6.45) is 2.12. The highest BCUT2D eigenvalue weighted by atomic mass is 19.1. The van der Waals surface area contributed by atoms with Crippen LogP contribution in [-0.4, -0.2) is 15.7 Å². The molecule has 1 amide bonds. The number of carbonyl (C=O) groups excluding carboxylic acids is 1. The lowest BCUT2D eigenvalue weighted by atomic mass is 9.87. The van der Waals surface area contributed by atoms with Crippen molar-refractivity contribution >= 4 is 11.7 Å². The first-order chi connectivity index (χ1) is 11.6. The Hall–Kier alpha value is -2.95. The van der Waals surface area contributed by atoms with Crippen LogP contribution in [0.2, 0.25) is 0 Å². The number of nitrogens with zero attached hydrogens (tertiary/aromatic N) is 2. The van der Waals surface area contributed by atoms with E-state index in [4.69, 9.17) is 0 Å². The van der Waals surface area contributed by atoms with Crippen molar-refractivity contribution in [3.63, 3.8) is 0 Å². The van der Waals surface area contributed by atoms with Gasteiger partial charge in [0.1, 0.15) is 11.6 Å². The van der Waals surface area contributed by atoms with E-state index in [0.29, 0.717) is 12.2 Å². The molecule has 0 spiro atoms. The number of rotatable bonds is 2. The van der Waals surface area contributed by atoms with Gasteiger partial charge >= 0.3 is 0 Å². The second-order valence-electron chi connectivity index (χ2n) is 6.00. The summed E-state index contributed by atoms with van der Waals surface area (Å²) in [6, 6.07) is 14.2. The standard InChI is InChI=1S/C19H16FN3O/c1-12-4-2-3-5-17(12)23-19-16(11-21-23)15(10-18(24)22-19)13-6-8-14(20)9-7-13/h2-9,11,15H,10H2,1H3,(H,22,24). The fraction of sp³-hybridized carbons (Fsp3) is 0.158. The first-order valence-electron chi connectivity index (χ1n) is 7.83. The Morgan fingerprint density at radius 2 is 1.92 bits per heavy atom. The number of para-hydroxylation sites is 1. The van der Waals surface area contributed by atoms with E-state index in [-0.39, 0.29) is 17.6 Å². The Kier molecular flexibility index (Phi) is 3.41. The highest BCUT2D eigenvalue weighted by Crippen LogP contribution is 2.38. The van der Waals surface area contributed by atoms with Gasteiger partial charge in [0.15, 0.2) is 0 Å². The van der Waals surface area contributed by atoms with E-state index in [1.807, 2.05) is 31.2 Å². The number of amides is 1. The van der Waals surface area contributed by atoms with Crippen molar-refractivity contribution in [3.05, 3.63) is 77.2 Å².